The minimum Gasteiger partial charge on any atom is -0.287 e. The summed E-state index contributed by atoms with van der Waals surface area (Å²) in [5.41, 5.74) is 1.81. The van der Waals surface area contributed by atoms with Crippen LogP contribution in [0.4, 0.5) is 0 Å². The minimum atomic E-state index is 0.0129. The van der Waals surface area contributed by atoms with Gasteiger partial charge in [-0.15, -0.1) is 0 Å². The zero-order chi connectivity index (χ0) is 15.2. The normalized spacial score (nSPS) is 10.6. The molecule has 2 rings (SSSR count). The predicted octanol–water partition coefficient (Wildman–Crippen LogP) is 4.62. The summed E-state index contributed by atoms with van der Waals surface area (Å²) in [5.74, 6) is 0.0129. The summed E-state index contributed by atoms with van der Waals surface area (Å²) in [5, 5.41) is 0.492. The highest BCUT2D eigenvalue weighted by atomic mass is 79.9. The maximum atomic E-state index is 12.4. The van der Waals surface area contributed by atoms with Gasteiger partial charge in [0.1, 0.15) is 0 Å². The zero-order valence-electron chi connectivity index (χ0n) is 12.0. The highest BCUT2D eigenvalue weighted by Crippen LogP contribution is 2.21. The minimum absolute atomic E-state index is 0.0129. The average Bonchev–Trinajstić information content (AvgIpc) is 2.48. The molecule has 0 aliphatic heterocycles. The van der Waals surface area contributed by atoms with Crippen molar-refractivity contribution in [1.82, 2.24) is 0 Å². The van der Waals surface area contributed by atoms with Crippen molar-refractivity contribution < 1.29 is 9.36 Å². The Balaban J connectivity index is 2.14. The summed E-state index contributed by atoms with van der Waals surface area (Å²) in [6, 6.07) is 9.43. The van der Waals surface area contributed by atoms with Gasteiger partial charge in [-0.25, -0.2) is 0 Å². The third-order valence-electron chi connectivity index (χ3n) is 3.29. The number of Topliss-reactive ketones (excluding diaryl/α,β-unsaturated/α-hetero) is 1. The average molecular weight is 368 g/mol. The van der Waals surface area contributed by atoms with Crippen molar-refractivity contribution >= 4 is 33.3 Å². The number of nitrogens with zero attached hydrogens (tertiary/aromatic N) is 1. The third kappa shape index (κ3) is 4.65. The number of benzene rings is 1. The highest BCUT2D eigenvalue weighted by molar-refractivity contribution is 9.10. The molecule has 1 heterocycles. The number of rotatable bonds is 6. The van der Waals surface area contributed by atoms with Crippen molar-refractivity contribution in [3.63, 3.8) is 0 Å². The predicted molar refractivity (Wildman–Crippen MR) is 88.7 cm³/mol. The van der Waals surface area contributed by atoms with E-state index < -0.39 is 0 Å². The Morgan fingerprint density at radius 3 is 2.90 bits per heavy atom. The molecule has 21 heavy (non-hydrogen) atoms. The first-order valence-electron chi connectivity index (χ1n) is 7.06. The monoisotopic (exact) mass is 366 g/mol. The van der Waals surface area contributed by atoms with Gasteiger partial charge in [0.25, 0.3) is 0 Å². The van der Waals surface area contributed by atoms with E-state index in [9.17, 15) is 4.79 Å². The van der Waals surface area contributed by atoms with Gasteiger partial charge in [-0.3, -0.25) is 4.79 Å². The largest absolute Gasteiger partial charge is 0.287 e. The first kappa shape index (κ1) is 16.2. The molecule has 0 radical (unpaired) electrons. The molecule has 0 atom stereocenters. The second kappa shape index (κ2) is 7.71. The van der Waals surface area contributed by atoms with Crippen LogP contribution in [0.3, 0.4) is 0 Å². The fraction of sp³-hybridized carbons (Fsp3) is 0.294. The van der Waals surface area contributed by atoms with Crippen molar-refractivity contribution in [2.75, 3.05) is 0 Å². The zero-order valence-corrected chi connectivity index (χ0v) is 14.3. The lowest BCUT2D eigenvalue weighted by Crippen LogP contribution is -2.37. The van der Waals surface area contributed by atoms with Gasteiger partial charge in [0, 0.05) is 21.7 Å². The second-order valence-corrected chi connectivity index (χ2v) is 6.36. The number of unbranched alkanes of at least 4 members (excludes halogenated alkanes) is 1. The van der Waals surface area contributed by atoms with Crippen molar-refractivity contribution in [1.29, 1.82) is 0 Å². The van der Waals surface area contributed by atoms with Gasteiger partial charge in [0.2, 0.25) is 12.3 Å². The van der Waals surface area contributed by atoms with Gasteiger partial charge in [0.05, 0.1) is 5.02 Å². The van der Waals surface area contributed by atoms with Crippen LogP contribution in [0.5, 0.6) is 0 Å². The number of aryl methyl sites for hydroxylation is 1. The first-order chi connectivity index (χ1) is 10.1. The molecule has 0 N–H and O–H groups in total. The number of pyridine rings is 1. The number of hydrogen-bond donors (Lipinski definition) is 0. The molecule has 0 saturated heterocycles. The molecular formula is C17H18BrClNO+. The molecule has 0 amide bonds. The maximum absolute atomic E-state index is 12.4. The number of carbonyl (C=O) groups excluding carboxylic acids is 1. The second-order valence-electron chi connectivity index (χ2n) is 5.04. The fourth-order valence-corrected chi connectivity index (χ4v) is 2.75. The Hall–Kier alpha value is -1.19. The van der Waals surface area contributed by atoms with E-state index in [-0.39, 0.29) is 5.78 Å². The van der Waals surface area contributed by atoms with Gasteiger partial charge >= 0.3 is 0 Å². The topological polar surface area (TPSA) is 20.9 Å². The van der Waals surface area contributed by atoms with E-state index in [1.54, 1.807) is 12.1 Å². The van der Waals surface area contributed by atoms with Crippen LogP contribution in [-0.2, 0) is 13.0 Å². The van der Waals surface area contributed by atoms with Crippen molar-refractivity contribution in [2.24, 2.45) is 0 Å². The molecule has 1 aromatic heterocycles. The van der Waals surface area contributed by atoms with Gasteiger partial charge in [-0.05, 0) is 37.1 Å². The van der Waals surface area contributed by atoms with Gasteiger partial charge < -0.3 is 0 Å². The Labute approximate surface area is 138 Å². The van der Waals surface area contributed by atoms with Crippen LogP contribution in [0.25, 0.3) is 0 Å². The van der Waals surface area contributed by atoms with E-state index >= 15 is 0 Å². The Morgan fingerprint density at radius 1 is 1.33 bits per heavy atom. The van der Waals surface area contributed by atoms with E-state index in [1.165, 1.54) is 12.0 Å². The van der Waals surface area contributed by atoms with E-state index in [2.05, 4.69) is 28.9 Å². The lowest BCUT2D eigenvalue weighted by Gasteiger charge is -2.03. The van der Waals surface area contributed by atoms with Crippen molar-refractivity contribution in [2.45, 2.75) is 32.7 Å². The van der Waals surface area contributed by atoms with Gasteiger partial charge in [0.15, 0.2) is 12.4 Å². The van der Waals surface area contributed by atoms with Crippen LogP contribution in [0, 0.1) is 0 Å². The first-order valence-corrected chi connectivity index (χ1v) is 8.23. The molecule has 1 aromatic carbocycles. The molecule has 0 unspecified atom stereocenters. The van der Waals surface area contributed by atoms with Crippen LogP contribution in [0.2, 0.25) is 5.02 Å². The lowest BCUT2D eigenvalue weighted by molar-refractivity contribution is -0.683. The Bertz CT molecular complexity index is 642. The van der Waals surface area contributed by atoms with Crippen LogP contribution in [0.1, 0.15) is 35.7 Å². The molecule has 0 fully saturated rings. The molecule has 110 valence electrons. The number of halogens is 2. The SMILES string of the molecule is CCCCc1ccc[n+](CC(=O)c2cc(Br)ccc2Cl)c1. The van der Waals surface area contributed by atoms with Gasteiger partial charge in [-0.1, -0.05) is 40.9 Å². The standard InChI is InChI=1S/C17H18BrClNO/c1-2-3-5-13-6-4-9-20(11-13)12-17(21)15-10-14(18)7-8-16(15)19/h4,6-11H,2-3,5,12H2,1H3/q+1. The summed E-state index contributed by atoms with van der Waals surface area (Å²) in [7, 11) is 0. The molecule has 0 aliphatic carbocycles. The van der Waals surface area contributed by atoms with E-state index in [1.807, 2.05) is 29.1 Å². The van der Waals surface area contributed by atoms with Crippen molar-refractivity contribution in [3.8, 4) is 0 Å². The number of ketones is 1. The molecular weight excluding hydrogens is 350 g/mol. The van der Waals surface area contributed by atoms with E-state index in [4.69, 9.17) is 11.6 Å². The number of carbonyl (C=O) groups is 1. The highest BCUT2D eigenvalue weighted by Gasteiger charge is 2.16. The van der Waals surface area contributed by atoms with Crippen LogP contribution < -0.4 is 4.57 Å². The Morgan fingerprint density at radius 2 is 2.14 bits per heavy atom. The molecule has 2 nitrogen and oxygen atoms in total. The summed E-state index contributed by atoms with van der Waals surface area (Å²) < 4.78 is 2.78. The number of aromatic nitrogens is 1. The molecule has 0 bridgehead atoms. The quantitative estimate of drug-likeness (QED) is 0.539. The van der Waals surface area contributed by atoms with Crippen LogP contribution in [0.15, 0.2) is 47.2 Å². The summed E-state index contributed by atoms with van der Waals surface area (Å²) in [4.78, 5) is 12.4. The molecule has 0 saturated carbocycles. The molecule has 4 heteroatoms. The summed E-state index contributed by atoms with van der Waals surface area (Å²) in [6.45, 7) is 2.48. The molecule has 0 spiro atoms. The fourth-order valence-electron chi connectivity index (χ4n) is 2.17. The summed E-state index contributed by atoms with van der Waals surface area (Å²) in [6.07, 6.45) is 7.33. The van der Waals surface area contributed by atoms with E-state index in [0.717, 1.165) is 17.3 Å². The van der Waals surface area contributed by atoms with Crippen LogP contribution in [-0.4, -0.2) is 5.78 Å². The number of hydrogen-bond acceptors (Lipinski definition) is 1. The smallest absolute Gasteiger partial charge is 0.229 e. The third-order valence-corrected chi connectivity index (χ3v) is 4.12. The maximum Gasteiger partial charge on any atom is 0.229 e. The van der Waals surface area contributed by atoms with Crippen molar-refractivity contribution in [3.05, 3.63) is 63.3 Å². The lowest BCUT2D eigenvalue weighted by atomic mass is 10.1. The molecule has 0 aliphatic rings. The molecule has 2 aromatic rings. The summed E-state index contributed by atoms with van der Waals surface area (Å²) >= 11 is 9.48. The van der Waals surface area contributed by atoms with Gasteiger partial charge in [-0.2, -0.15) is 4.57 Å². The van der Waals surface area contributed by atoms with E-state index in [0.29, 0.717) is 17.1 Å². The van der Waals surface area contributed by atoms with Crippen LogP contribution >= 0.6 is 27.5 Å². The Kier molecular flexibility index (Phi) is 5.95.